The third kappa shape index (κ3) is 2.77. The number of nitrogens with zero attached hydrogens (tertiary/aromatic N) is 3. The molecule has 1 amide bonds. The monoisotopic (exact) mass is 348 g/mol. The van der Waals surface area contributed by atoms with Gasteiger partial charge in [-0.2, -0.15) is 5.10 Å². The van der Waals surface area contributed by atoms with Crippen LogP contribution in [0.1, 0.15) is 21.7 Å². The lowest BCUT2D eigenvalue weighted by atomic mass is 10.1. The number of aromatic nitrogens is 5. The highest BCUT2D eigenvalue weighted by atomic mass is 16.3. The van der Waals surface area contributed by atoms with Crippen molar-refractivity contribution in [3.63, 3.8) is 0 Å². The van der Waals surface area contributed by atoms with Crippen molar-refractivity contribution in [2.45, 2.75) is 13.5 Å². The smallest absolute Gasteiger partial charge is 0.255 e. The maximum absolute atomic E-state index is 12.3. The Morgan fingerprint density at radius 1 is 1.27 bits per heavy atom. The van der Waals surface area contributed by atoms with Crippen LogP contribution in [0.4, 0.5) is 0 Å². The van der Waals surface area contributed by atoms with Crippen LogP contribution in [0.25, 0.3) is 22.4 Å². The van der Waals surface area contributed by atoms with E-state index in [-0.39, 0.29) is 23.8 Å². The average Bonchev–Trinajstić information content (AvgIpc) is 3.28. The Balaban J connectivity index is 1.50. The highest BCUT2D eigenvalue weighted by molar-refractivity contribution is 5.97. The minimum Gasteiger partial charge on any atom is -0.507 e. The van der Waals surface area contributed by atoms with Gasteiger partial charge in [0, 0.05) is 23.3 Å². The number of H-pyrrole nitrogens is 2. The number of hydrogen-bond donors (Lipinski definition) is 4. The second kappa shape index (κ2) is 6.32. The van der Waals surface area contributed by atoms with Crippen LogP contribution < -0.4 is 5.32 Å². The molecule has 0 bridgehead atoms. The number of benzene rings is 1. The fourth-order valence-electron chi connectivity index (χ4n) is 2.74. The van der Waals surface area contributed by atoms with E-state index in [4.69, 9.17) is 0 Å². The van der Waals surface area contributed by atoms with E-state index in [0.29, 0.717) is 17.2 Å². The molecule has 0 saturated carbocycles. The molecule has 0 aliphatic heterocycles. The number of pyridine rings is 1. The van der Waals surface area contributed by atoms with E-state index >= 15 is 0 Å². The summed E-state index contributed by atoms with van der Waals surface area (Å²) >= 11 is 0. The van der Waals surface area contributed by atoms with Gasteiger partial charge in [0.25, 0.3) is 5.91 Å². The van der Waals surface area contributed by atoms with Crippen molar-refractivity contribution in [1.29, 1.82) is 0 Å². The molecule has 0 aliphatic carbocycles. The first kappa shape index (κ1) is 15.8. The van der Waals surface area contributed by atoms with E-state index in [1.165, 1.54) is 0 Å². The first-order valence-electron chi connectivity index (χ1n) is 8.04. The molecule has 4 N–H and O–H groups in total. The SMILES string of the molecule is Cc1cccc(C(=O)NCc2nc(-c3c[nH]c4ncccc34)n[nH]2)c1O. The van der Waals surface area contributed by atoms with E-state index in [2.05, 4.69) is 30.5 Å². The molecule has 1 aromatic carbocycles. The number of rotatable bonds is 4. The molecule has 0 spiro atoms. The number of aromatic hydroxyl groups is 1. The molecule has 3 aromatic heterocycles. The van der Waals surface area contributed by atoms with Crippen LogP contribution in [0.15, 0.2) is 42.7 Å². The molecule has 26 heavy (non-hydrogen) atoms. The molecule has 4 aromatic rings. The summed E-state index contributed by atoms with van der Waals surface area (Å²) in [5.41, 5.74) is 2.47. The molecule has 0 saturated heterocycles. The average molecular weight is 348 g/mol. The largest absolute Gasteiger partial charge is 0.507 e. The van der Waals surface area contributed by atoms with E-state index < -0.39 is 0 Å². The summed E-state index contributed by atoms with van der Waals surface area (Å²) < 4.78 is 0. The van der Waals surface area contributed by atoms with Gasteiger partial charge in [0.1, 0.15) is 17.2 Å². The number of hydrogen-bond acceptors (Lipinski definition) is 5. The van der Waals surface area contributed by atoms with Crippen LogP contribution in [0.3, 0.4) is 0 Å². The quantitative estimate of drug-likeness (QED) is 0.451. The number of fused-ring (bicyclic) bond motifs is 1. The Bertz CT molecular complexity index is 1100. The number of amides is 1. The van der Waals surface area contributed by atoms with Crippen molar-refractivity contribution >= 4 is 16.9 Å². The van der Waals surface area contributed by atoms with Gasteiger partial charge in [-0.15, -0.1) is 0 Å². The molecule has 130 valence electrons. The summed E-state index contributed by atoms with van der Waals surface area (Å²) in [6.07, 6.45) is 3.51. The summed E-state index contributed by atoms with van der Waals surface area (Å²) in [5.74, 6) is 0.639. The number of aromatic amines is 2. The molecule has 8 nitrogen and oxygen atoms in total. The maximum atomic E-state index is 12.3. The number of phenolic OH excluding ortho intramolecular Hbond substituents is 1. The zero-order chi connectivity index (χ0) is 18.1. The van der Waals surface area contributed by atoms with Crippen molar-refractivity contribution in [2.24, 2.45) is 0 Å². The molecule has 0 atom stereocenters. The molecule has 0 fully saturated rings. The lowest BCUT2D eigenvalue weighted by Crippen LogP contribution is -2.23. The number of aryl methyl sites for hydroxylation is 1. The van der Waals surface area contributed by atoms with Crippen LogP contribution in [0.2, 0.25) is 0 Å². The van der Waals surface area contributed by atoms with Crippen molar-refractivity contribution in [1.82, 2.24) is 30.5 Å². The normalized spacial score (nSPS) is 11.0. The van der Waals surface area contributed by atoms with Gasteiger partial charge in [0.15, 0.2) is 5.82 Å². The molecular formula is C18H16N6O2. The summed E-state index contributed by atoms with van der Waals surface area (Å²) in [4.78, 5) is 24.0. The Labute approximate surface area is 148 Å². The minimum atomic E-state index is -0.375. The summed E-state index contributed by atoms with van der Waals surface area (Å²) in [6, 6.07) is 8.82. The van der Waals surface area contributed by atoms with Gasteiger partial charge in [0.05, 0.1) is 12.1 Å². The molecular weight excluding hydrogens is 332 g/mol. The van der Waals surface area contributed by atoms with E-state index in [9.17, 15) is 9.90 Å². The van der Waals surface area contributed by atoms with E-state index in [1.807, 2.05) is 12.1 Å². The molecule has 4 rings (SSSR count). The first-order valence-corrected chi connectivity index (χ1v) is 8.04. The number of phenols is 1. The fraction of sp³-hybridized carbons (Fsp3) is 0.111. The molecule has 0 unspecified atom stereocenters. The molecule has 0 radical (unpaired) electrons. The van der Waals surface area contributed by atoms with Gasteiger partial charge in [-0.3, -0.25) is 9.89 Å². The predicted octanol–water partition coefficient (Wildman–Crippen LogP) is 2.29. The van der Waals surface area contributed by atoms with Gasteiger partial charge >= 0.3 is 0 Å². The van der Waals surface area contributed by atoms with Crippen LogP contribution in [0.5, 0.6) is 5.75 Å². The summed E-state index contributed by atoms with van der Waals surface area (Å²) in [6.45, 7) is 1.91. The number of carbonyl (C=O) groups excluding carboxylic acids is 1. The first-order chi connectivity index (χ1) is 12.6. The van der Waals surface area contributed by atoms with Crippen LogP contribution in [0, 0.1) is 6.92 Å². The van der Waals surface area contributed by atoms with Gasteiger partial charge in [0.2, 0.25) is 0 Å². The molecule has 8 heteroatoms. The predicted molar refractivity (Wildman–Crippen MR) is 95.5 cm³/mol. The Morgan fingerprint density at radius 3 is 3.04 bits per heavy atom. The fourth-order valence-corrected chi connectivity index (χ4v) is 2.74. The Kier molecular flexibility index (Phi) is 3.85. The molecule has 0 aliphatic rings. The highest BCUT2D eigenvalue weighted by Gasteiger charge is 2.14. The number of carbonyl (C=O) groups is 1. The second-order valence-corrected chi connectivity index (χ2v) is 5.86. The third-order valence-electron chi connectivity index (χ3n) is 4.12. The van der Waals surface area contributed by atoms with E-state index in [0.717, 1.165) is 16.6 Å². The lowest BCUT2D eigenvalue weighted by Gasteiger charge is -2.07. The standard InChI is InChI=1S/C18H16N6O2/c1-10-4-2-5-12(15(10)25)18(26)21-9-14-22-17(24-23-14)13-8-20-16-11(13)6-3-7-19-16/h2-8,25H,9H2,1H3,(H,19,20)(H,21,26)(H,22,23,24). The van der Waals surface area contributed by atoms with Crippen molar-refractivity contribution in [3.05, 3.63) is 59.7 Å². The van der Waals surface area contributed by atoms with Crippen molar-refractivity contribution < 1.29 is 9.90 Å². The maximum Gasteiger partial charge on any atom is 0.255 e. The number of para-hydroxylation sites is 1. The van der Waals surface area contributed by atoms with Gasteiger partial charge in [-0.25, -0.2) is 9.97 Å². The van der Waals surface area contributed by atoms with Crippen molar-refractivity contribution in [2.75, 3.05) is 0 Å². The topological polar surface area (TPSA) is 120 Å². The van der Waals surface area contributed by atoms with Crippen molar-refractivity contribution in [3.8, 4) is 17.1 Å². The second-order valence-electron chi connectivity index (χ2n) is 5.86. The zero-order valence-electron chi connectivity index (χ0n) is 13.9. The summed E-state index contributed by atoms with van der Waals surface area (Å²) in [7, 11) is 0. The van der Waals surface area contributed by atoms with Gasteiger partial charge in [-0.1, -0.05) is 12.1 Å². The molecule has 3 heterocycles. The zero-order valence-corrected chi connectivity index (χ0v) is 13.9. The lowest BCUT2D eigenvalue weighted by molar-refractivity contribution is 0.0947. The summed E-state index contributed by atoms with van der Waals surface area (Å²) in [5, 5.41) is 20.7. The third-order valence-corrected chi connectivity index (χ3v) is 4.12. The van der Waals surface area contributed by atoms with E-state index in [1.54, 1.807) is 37.5 Å². The van der Waals surface area contributed by atoms with Gasteiger partial charge < -0.3 is 15.4 Å². The number of nitrogens with one attached hydrogen (secondary N) is 3. The van der Waals surface area contributed by atoms with Crippen LogP contribution in [-0.4, -0.2) is 36.2 Å². The van der Waals surface area contributed by atoms with Crippen LogP contribution >= 0.6 is 0 Å². The Hall–Kier alpha value is -3.68. The Morgan fingerprint density at radius 2 is 2.15 bits per heavy atom. The van der Waals surface area contributed by atoms with Gasteiger partial charge in [-0.05, 0) is 30.7 Å². The minimum absolute atomic E-state index is 0.0189. The highest BCUT2D eigenvalue weighted by Crippen LogP contribution is 2.24. The van der Waals surface area contributed by atoms with Crippen LogP contribution in [-0.2, 0) is 6.54 Å².